The highest BCUT2D eigenvalue weighted by atomic mass is 35.5. The third-order valence-electron chi connectivity index (χ3n) is 5.17. The summed E-state index contributed by atoms with van der Waals surface area (Å²) in [5.74, 6) is 0.315. The van der Waals surface area contributed by atoms with Crippen LogP contribution in [0, 0.1) is 17.1 Å². The monoisotopic (exact) mass is 412 g/mol. The molecule has 0 bridgehead atoms. The third kappa shape index (κ3) is 3.64. The number of anilines is 1. The van der Waals surface area contributed by atoms with Crippen LogP contribution in [0.25, 0.3) is 11.0 Å². The lowest BCUT2D eigenvalue weighted by molar-refractivity contribution is 0.171. The molecular weight excluding hydrogens is 395 g/mol. The largest absolute Gasteiger partial charge is 0.490 e. The quantitative estimate of drug-likeness (QED) is 0.614. The Morgan fingerprint density at radius 2 is 1.90 bits per heavy atom. The second kappa shape index (κ2) is 7.72. The molecule has 1 aromatic carbocycles. The van der Waals surface area contributed by atoms with Gasteiger partial charge in [0.2, 0.25) is 0 Å². The molecule has 0 atom stereocenters. The molecular formula is C21H18ClFN4O2. The molecule has 6 nitrogen and oxygen atoms in total. The topological polar surface area (TPSA) is 71.2 Å². The van der Waals surface area contributed by atoms with Gasteiger partial charge >= 0.3 is 0 Å². The third-order valence-corrected chi connectivity index (χ3v) is 5.38. The number of aromatic nitrogens is 2. The molecule has 0 radical (unpaired) electrons. The molecule has 3 heterocycles. The number of pyridine rings is 2. The van der Waals surface area contributed by atoms with Crippen molar-refractivity contribution < 1.29 is 9.13 Å². The lowest BCUT2D eigenvalue weighted by Gasteiger charge is -2.34. The van der Waals surface area contributed by atoms with Gasteiger partial charge in [-0.15, -0.1) is 0 Å². The second-order valence-electron chi connectivity index (χ2n) is 6.96. The van der Waals surface area contributed by atoms with Crippen molar-refractivity contribution in [3.05, 3.63) is 63.3 Å². The van der Waals surface area contributed by atoms with Gasteiger partial charge in [-0.25, -0.2) is 9.37 Å². The molecule has 0 spiro atoms. The Bertz CT molecular complexity index is 1160. The molecule has 3 aromatic rings. The molecule has 0 saturated carbocycles. The number of nitrogens with zero attached hydrogens (tertiary/aromatic N) is 4. The minimum Gasteiger partial charge on any atom is -0.490 e. The van der Waals surface area contributed by atoms with Crippen LogP contribution in [0.2, 0.25) is 5.15 Å². The van der Waals surface area contributed by atoms with E-state index in [1.807, 2.05) is 11.0 Å². The zero-order valence-electron chi connectivity index (χ0n) is 15.7. The number of rotatable bonds is 3. The van der Waals surface area contributed by atoms with Crippen LogP contribution in [0.1, 0.15) is 18.4 Å². The van der Waals surface area contributed by atoms with Crippen LogP contribution in [0.15, 0.2) is 41.2 Å². The van der Waals surface area contributed by atoms with E-state index < -0.39 is 0 Å². The molecule has 29 heavy (non-hydrogen) atoms. The molecule has 0 amide bonds. The number of fused-ring (bicyclic) bond motifs is 1. The van der Waals surface area contributed by atoms with Crippen LogP contribution >= 0.6 is 11.6 Å². The van der Waals surface area contributed by atoms with Crippen molar-refractivity contribution in [3.63, 3.8) is 0 Å². The Hall–Kier alpha value is -3.11. The van der Waals surface area contributed by atoms with Crippen LogP contribution in [0.4, 0.5) is 10.1 Å². The first kappa shape index (κ1) is 19.2. The zero-order chi connectivity index (χ0) is 20.5. The summed E-state index contributed by atoms with van der Waals surface area (Å²) in [5, 5.41) is 9.95. The Morgan fingerprint density at radius 1 is 1.21 bits per heavy atom. The van der Waals surface area contributed by atoms with E-state index in [4.69, 9.17) is 16.3 Å². The molecule has 4 rings (SSSR count). The Balaban J connectivity index is 1.63. The maximum atomic E-state index is 13.1. The van der Waals surface area contributed by atoms with Gasteiger partial charge in [0.15, 0.2) is 0 Å². The summed E-state index contributed by atoms with van der Waals surface area (Å²) in [6.45, 7) is 1.19. The molecule has 0 N–H and O–H groups in total. The Labute approximate surface area is 171 Å². The van der Waals surface area contributed by atoms with Crippen LogP contribution in [-0.4, -0.2) is 28.7 Å². The number of ether oxygens (including phenoxy) is 1. The number of piperidine rings is 1. The first-order valence-electron chi connectivity index (χ1n) is 9.24. The van der Waals surface area contributed by atoms with Gasteiger partial charge in [-0.1, -0.05) is 11.6 Å². The number of hydrogen-bond acceptors (Lipinski definition) is 5. The number of benzene rings is 1. The second-order valence-corrected chi connectivity index (χ2v) is 7.35. The molecule has 1 saturated heterocycles. The van der Waals surface area contributed by atoms with Gasteiger partial charge < -0.3 is 14.2 Å². The summed E-state index contributed by atoms with van der Waals surface area (Å²) in [6.07, 6.45) is 1.36. The lowest BCUT2D eigenvalue weighted by Crippen LogP contribution is -2.40. The highest BCUT2D eigenvalue weighted by Crippen LogP contribution is 2.31. The van der Waals surface area contributed by atoms with E-state index in [0.717, 1.165) is 0 Å². The fourth-order valence-electron chi connectivity index (χ4n) is 3.68. The maximum absolute atomic E-state index is 13.1. The molecule has 1 fully saturated rings. The number of nitriles is 1. The molecule has 8 heteroatoms. The smallest absolute Gasteiger partial charge is 0.270 e. The van der Waals surface area contributed by atoms with E-state index in [1.54, 1.807) is 31.3 Å². The van der Waals surface area contributed by atoms with Crippen molar-refractivity contribution in [2.45, 2.75) is 18.9 Å². The maximum Gasteiger partial charge on any atom is 0.270 e. The van der Waals surface area contributed by atoms with E-state index in [-0.39, 0.29) is 23.0 Å². The van der Waals surface area contributed by atoms with Gasteiger partial charge in [0.05, 0.1) is 11.2 Å². The summed E-state index contributed by atoms with van der Waals surface area (Å²) < 4.78 is 20.4. The van der Waals surface area contributed by atoms with Gasteiger partial charge in [0.25, 0.3) is 5.56 Å². The van der Waals surface area contributed by atoms with Gasteiger partial charge in [-0.05, 0) is 36.4 Å². The highest BCUT2D eigenvalue weighted by molar-refractivity contribution is 6.29. The number of hydrogen-bond donors (Lipinski definition) is 0. The molecule has 1 aliphatic heterocycles. The van der Waals surface area contributed by atoms with Crippen molar-refractivity contribution in [2.75, 3.05) is 18.0 Å². The summed E-state index contributed by atoms with van der Waals surface area (Å²) in [7, 11) is 1.62. The van der Waals surface area contributed by atoms with Crippen LogP contribution < -0.4 is 15.2 Å². The number of aryl methyl sites for hydroxylation is 1. The van der Waals surface area contributed by atoms with Crippen LogP contribution in [0.3, 0.4) is 0 Å². The first-order chi connectivity index (χ1) is 14.0. The average molecular weight is 413 g/mol. The fraction of sp³-hybridized carbons (Fsp3) is 0.286. The first-order valence-corrected chi connectivity index (χ1v) is 9.62. The lowest BCUT2D eigenvalue weighted by atomic mass is 10.0. The highest BCUT2D eigenvalue weighted by Gasteiger charge is 2.27. The van der Waals surface area contributed by atoms with Gasteiger partial charge in [-0.2, -0.15) is 5.26 Å². The van der Waals surface area contributed by atoms with E-state index in [0.29, 0.717) is 53.6 Å². The summed E-state index contributed by atoms with van der Waals surface area (Å²) in [5.41, 5.74) is 1.39. The molecule has 148 valence electrons. The van der Waals surface area contributed by atoms with E-state index in [2.05, 4.69) is 4.98 Å². The predicted molar refractivity (Wildman–Crippen MR) is 109 cm³/mol. The van der Waals surface area contributed by atoms with E-state index in [1.165, 1.54) is 16.7 Å². The zero-order valence-corrected chi connectivity index (χ0v) is 16.5. The van der Waals surface area contributed by atoms with E-state index in [9.17, 15) is 14.4 Å². The Kier molecular flexibility index (Phi) is 5.12. The minimum absolute atomic E-state index is 0.0309. The van der Waals surface area contributed by atoms with Gasteiger partial charge in [0.1, 0.15) is 40.0 Å². The van der Waals surface area contributed by atoms with Crippen molar-refractivity contribution >= 4 is 28.3 Å². The van der Waals surface area contributed by atoms with Crippen molar-refractivity contribution in [1.82, 2.24) is 9.55 Å². The summed E-state index contributed by atoms with van der Waals surface area (Å²) >= 11 is 6.10. The van der Waals surface area contributed by atoms with Gasteiger partial charge in [-0.3, -0.25) is 4.79 Å². The summed E-state index contributed by atoms with van der Waals surface area (Å²) in [6, 6.07) is 11.4. The van der Waals surface area contributed by atoms with E-state index >= 15 is 0 Å². The molecule has 0 aliphatic carbocycles. The molecule has 2 aromatic heterocycles. The standard InChI is InChI=1S/C21H18ClFN4O2/c1-26-17-6-7-18(22)25-19(17)20(16(12-24)21(26)28)27-10-8-15(9-11-27)29-14-4-2-13(23)3-5-14/h2-7,15H,8-11H2,1H3. The fourth-order valence-corrected chi connectivity index (χ4v) is 3.83. The van der Waals surface area contributed by atoms with Crippen LogP contribution in [-0.2, 0) is 7.05 Å². The average Bonchev–Trinajstić information content (AvgIpc) is 2.73. The molecule has 0 unspecified atom stereocenters. The predicted octanol–water partition coefficient (Wildman–Crippen LogP) is 3.65. The minimum atomic E-state index is -0.358. The Morgan fingerprint density at radius 3 is 2.55 bits per heavy atom. The number of halogens is 2. The van der Waals surface area contributed by atoms with Crippen molar-refractivity contribution in [3.8, 4) is 11.8 Å². The van der Waals surface area contributed by atoms with Crippen molar-refractivity contribution in [2.24, 2.45) is 7.05 Å². The van der Waals surface area contributed by atoms with Crippen molar-refractivity contribution in [1.29, 1.82) is 5.26 Å². The summed E-state index contributed by atoms with van der Waals surface area (Å²) in [4.78, 5) is 19.1. The van der Waals surface area contributed by atoms with Crippen LogP contribution in [0.5, 0.6) is 5.75 Å². The molecule has 1 aliphatic rings. The normalized spacial score (nSPS) is 14.8. The SMILES string of the molecule is Cn1c(=O)c(C#N)c(N2CCC(Oc3ccc(F)cc3)CC2)c2nc(Cl)ccc21. The van der Waals surface area contributed by atoms with Gasteiger partial charge in [0, 0.05) is 33.0 Å².